The highest BCUT2D eigenvalue weighted by Crippen LogP contribution is 2.35. The Kier molecular flexibility index (Phi) is 28.6. The van der Waals surface area contributed by atoms with E-state index in [0.717, 1.165) is 44.2 Å². The van der Waals surface area contributed by atoms with Gasteiger partial charge < -0.3 is 49.6 Å². The van der Waals surface area contributed by atoms with Crippen molar-refractivity contribution in [3.05, 3.63) is 45.4 Å². The normalized spacial score (nSPS) is 18.0. The summed E-state index contributed by atoms with van der Waals surface area (Å²) in [6, 6.07) is 3.00. The highest BCUT2D eigenvalue weighted by Gasteiger charge is 2.39. The van der Waals surface area contributed by atoms with Gasteiger partial charge in [-0.15, -0.1) is 23.7 Å². The number of likely N-dealkylation sites (N-methyl/N-ethyl adjacent to an activating group) is 1. The third-order valence-electron chi connectivity index (χ3n) is 13.7. The lowest BCUT2D eigenvalue weighted by Crippen LogP contribution is -2.58. The van der Waals surface area contributed by atoms with E-state index in [4.69, 9.17) is 35.1 Å². The first-order valence-corrected chi connectivity index (χ1v) is 28.2. The van der Waals surface area contributed by atoms with Crippen LogP contribution in [0.3, 0.4) is 0 Å². The summed E-state index contributed by atoms with van der Waals surface area (Å²) in [5.41, 5.74) is 6.18. The molecule has 6 N–H and O–H groups in total. The molecule has 7 atom stereocenters. The number of carbonyl (C=O) groups is 6. The average Bonchev–Trinajstić information content (AvgIpc) is 3.91. The number of nitrogens with zero attached hydrogens (tertiary/aromatic N) is 3. The van der Waals surface area contributed by atoms with E-state index >= 15 is 0 Å². The van der Waals surface area contributed by atoms with Crippen molar-refractivity contribution in [2.75, 3.05) is 79.5 Å². The number of carbonyl (C=O) groups excluding carboxylic acids is 6. The molecule has 2 aromatic rings. The van der Waals surface area contributed by atoms with Crippen molar-refractivity contribution in [1.29, 1.82) is 0 Å². The number of likely N-dealkylation sites (tertiary alicyclic amines) is 1. The summed E-state index contributed by atoms with van der Waals surface area (Å²) in [7, 11) is 1.97. The van der Waals surface area contributed by atoms with Gasteiger partial charge in [-0.1, -0.05) is 60.5 Å². The van der Waals surface area contributed by atoms with Crippen LogP contribution < -0.4 is 26.8 Å². The Bertz CT molecular complexity index is 2170. The molecule has 1 aromatic heterocycles. The zero-order valence-corrected chi connectivity index (χ0v) is 46.8. The van der Waals surface area contributed by atoms with E-state index in [2.05, 4.69) is 51.5 Å². The van der Waals surface area contributed by atoms with Crippen molar-refractivity contribution in [2.45, 2.75) is 155 Å². The first-order valence-electron chi connectivity index (χ1n) is 27.3. The van der Waals surface area contributed by atoms with Crippen LogP contribution in [-0.4, -0.2) is 159 Å². The Morgan fingerprint density at radius 1 is 0.934 bits per heavy atom. The molecule has 0 spiro atoms. The van der Waals surface area contributed by atoms with Gasteiger partial charge in [0.15, 0.2) is 0 Å². The molecular weight excluding hydrogens is 997 g/mol. The van der Waals surface area contributed by atoms with E-state index < -0.39 is 42.0 Å². The molecule has 1 unspecified atom stereocenters. The number of thiazole rings is 1. The molecular formula is C55H86N8O12S. The maximum absolute atomic E-state index is 14.8. The number of benzene rings is 1. The SMILES string of the molecule is C#CCCCC(=O)NCCOCCOCCOCCOC(=O)NNC(=O)[C@@H]1CC(NC(=O)c2csc([C@@H](C[C@H](C(C)C)N(CCC)C(=O)[C@@H](NC(=O)[C@H]3CCCCN3C)[C@@H](C)CC)OCCC)n2)Cc2ccc(O)cc21. The number of aromatic nitrogens is 1. The second-order valence-corrected chi connectivity index (χ2v) is 20.8. The van der Waals surface area contributed by atoms with Crippen LogP contribution in [0, 0.1) is 24.2 Å². The zero-order valence-electron chi connectivity index (χ0n) is 46.0. The molecule has 4 rings (SSSR count). The van der Waals surface area contributed by atoms with E-state index in [1.54, 1.807) is 11.4 Å². The van der Waals surface area contributed by atoms with Gasteiger partial charge in [0, 0.05) is 56.4 Å². The summed E-state index contributed by atoms with van der Waals surface area (Å²) in [6.07, 6.45) is 11.3. The number of hydrazine groups is 1. The van der Waals surface area contributed by atoms with Gasteiger partial charge in [-0.25, -0.2) is 15.2 Å². The van der Waals surface area contributed by atoms with Gasteiger partial charge in [0.05, 0.1) is 51.6 Å². The number of phenols is 1. The smallest absolute Gasteiger partial charge is 0.426 e. The average molecular weight is 1080 g/mol. The van der Waals surface area contributed by atoms with Gasteiger partial charge in [-0.05, 0) is 93.6 Å². The molecule has 2 aliphatic rings. The topological polar surface area (TPSA) is 248 Å². The van der Waals surface area contributed by atoms with Gasteiger partial charge >= 0.3 is 6.09 Å². The van der Waals surface area contributed by atoms with Crippen molar-refractivity contribution in [2.24, 2.45) is 11.8 Å². The molecule has 0 bridgehead atoms. The van der Waals surface area contributed by atoms with Crippen LogP contribution in [0.2, 0.25) is 0 Å². The van der Waals surface area contributed by atoms with E-state index in [0.29, 0.717) is 95.2 Å². The zero-order chi connectivity index (χ0) is 55.4. The molecule has 76 heavy (non-hydrogen) atoms. The van der Waals surface area contributed by atoms with Gasteiger partial charge in [-0.2, -0.15) is 0 Å². The second-order valence-electron chi connectivity index (χ2n) is 19.9. The van der Waals surface area contributed by atoms with E-state index in [-0.39, 0.29) is 79.3 Å². The summed E-state index contributed by atoms with van der Waals surface area (Å²) in [6.45, 7) is 16.0. The number of hydrogen-bond donors (Lipinski definition) is 6. The van der Waals surface area contributed by atoms with Crippen LogP contribution in [0.5, 0.6) is 5.75 Å². The van der Waals surface area contributed by atoms with E-state index in [9.17, 15) is 33.9 Å². The molecule has 20 nitrogen and oxygen atoms in total. The van der Waals surface area contributed by atoms with E-state index in [1.807, 2.05) is 39.6 Å². The van der Waals surface area contributed by atoms with Gasteiger partial charge in [0.25, 0.3) is 5.91 Å². The quantitative estimate of drug-likeness (QED) is 0.0292. The summed E-state index contributed by atoms with van der Waals surface area (Å²) >= 11 is 1.31. The fraction of sp³-hybridized carbons (Fsp3) is 0.691. The minimum atomic E-state index is -0.905. The number of amides is 6. The largest absolute Gasteiger partial charge is 0.508 e. The van der Waals surface area contributed by atoms with Crippen molar-refractivity contribution in [3.63, 3.8) is 0 Å². The van der Waals surface area contributed by atoms with Crippen LogP contribution in [-0.2, 0) is 49.3 Å². The number of ether oxygens (including phenoxy) is 5. The van der Waals surface area contributed by atoms with Crippen LogP contribution in [0.15, 0.2) is 23.6 Å². The molecule has 2 heterocycles. The summed E-state index contributed by atoms with van der Waals surface area (Å²) < 4.78 is 28.0. The number of piperidine rings is 1. The molecule has 6 amide bonds. The fourth-order valence-corrected chi connectivity index (χ4v) is 10.2. The van der Waals surface area contributed by atoms with Crippen molar-refractivity contribution >= 4 is 47.0 Å². The van der Waals surface area contributed by atoms with Crippen LogP contribution in [0.1, 0.15) is 151 Å². The standard InChI is InChI=1S/C55H86N8O12S/c1-9-13-14-18-48(65)56-21-25-71-26-27-72-28-29-73-30-31-75-55(70)61-60-50(66)43-33-40(32-39-19-20-41(64)34-42(39)43)57-51(67)44-36-76-53(58-44)47(74-24-11-3)35-46(37(5)6)63(22-10-2)54(69)49(38(7)12-4)59-52(68)45-17-15-16-23-62(45)8/h1,19-20,34,36-38,40,43,45-47,49,64H,10-18,21-33,35H2,2-8H3,(H,56,65)(H,57,67)(H,59,68)(H,60,66)(H,61,70)/t38-,40?,43+,45+,46+,47+,49-/m0/s1. The number of rotatable bonds is 33. The predicted molar refractivity (Wildman–Crippen MR) is 289 cm³/mol. The van der Waals surface area contributed by atoms with Crippen LogP contribution in [0.25, 0.3) is 0 Å². The molecule has 21 heteroatoms. The fourth-order valence-electron chi connectivity index (χ4n) is 9.36. The Balaban J connectivity index is 1.30. The lowest BCUT2D eigenvalue weighted by molar-refractivity contribution is -0.143. The lowest BCUT2D eigenvalue weighted by atomic mass is 9.79. The Labute approximate surface area is 454 Å². The lowest BCUT2D eigenvalue weighted by Gasteiger charge is -2.40. The maximum atomic E-state index is 14.8. The minimum Gasteiger partial charge on any atom is -0.508 e. The third-order valence-corrected chi connectivity index (χ3v) is 14.6. The number of aromatic hydroxyl groups is 1. The van der Waals surface area contributed by atoms with E-state index in [1.165, 1.54) is 23.5 Å². The summed E-state index contributed by atoms with van der Waals surface area (Å²) in [5, 5.41) is 21.7. The van der Waals surface area contributed by atoms with Gasteiger partial charge in [0.2, 0.25) is 23.6 Å². The first kappa shape index (κ1) is 63.2. The summed E-state index contributed by atoms with van der Waals surface area (Å²) in [5.74, 6) is 0.269. The minimum absolute atomic E-state index is 0.0242. The van der Waals surface area contributed by atoms with Gasteiger partial charge in [-0.3, -0.25) is 34.3 Å². The second kappa shape index (κ2) is 34.4. The molecule has 424 valence electrons. The molecule has 1 aromatic carbocycles. The Morgan fingerprint density at radius 3 is 2.33 bits per heavy atom. The molecule has 1 saturated heterocycles. The number of nitrogens with one attached hydrogen (secondary N) is 5. The number of hydrogen-bond acceptors (Lipinski definition) is 15. The maximum Gasteiger partial charge on any atom is 0.426 e. The van der Waals surface area contributed by atoms with Crippen LogP contribution >= 0.6 is 11.3 Å². The highest BCUT2D eigenvalue weighted by molar-refractivity contribution is 7.09. The number of fused-ring (bicyclic) bond motifs is 1. The van der Waals surface area contributed by atoms with Crippen molar-refractivity contribution in [3.8, 4) is 18.1 Å². The highest BCUT2D eigenvalue weighted by atomic mass is 32.1. The van der Waals surface area contributed by atoms with Crippen molar-refractivity contribution in [1.82, 2.24) is 41.6 Å². The molecule has 1 fully saturated rings. The Hall–Kier alpha value is -5.37. The molecule has 0 radical (unpaired) electrons. The summed E-state index contributed by atoms with van der Waals surface area (Å²) in [4.78, 5) is 89.1. The Morgan fingerprint density at radius 2 is 1.66 bits per heavy atom. The predicted octanol–water partition coefficient (Wildman–Crippen LogP) is 5.54. The number of terminal acetylenes is 1. The number of phenolic OH excluding ortho intramolecular Hbond substituents is 1. The molecule has 1 aliphatic heterocycles. The molecule has 1 aliphatic carbocycles. The van der Waals surface area contributed by atoms with Gasteiger partial charge in [0.1, 0.15) is 35.2 Å². The number of unbranched alkanes of at least 4 members (excludes halogenated alkanes) is 1. The third kappa shape index (κ3) is 20.9. The van der Waals surface area contributed by atoms with Crippen molar-refractivity contribution < 1.29 is 57.6 Å². The molecule has 0 saturated carbocycles. The van der Waals surface area contributed by atoms with Crippen LogP contribution in [0.4, 0.5) is 4.79 Å². The monoisotopic (exact) mass is 1080 g/mol. The first-order chi connectivity index (χ1) is 36.6.